The number of nitrogens with two attached hydrogens (primary N) is 2. The molecule has 0 bridgehead atoms. The second-order valence-corrected chi connectivity index (χ2v) is 3.00. The molecule has 0 aliphatic heterocycles. The zero-order valence-corrected chi connectivity index (χ0v) is 8.80. The van der Waals surface area contributed by atoms with E-state index in [4.69, 9.17) is 22.0 Å². The van der Waals surface area contributed by atoms with Crippen LogP contribution in [0.5, 0.6) is 0 Å². The van der Waals surface area contributed by atoms with Crippen LogP contribution in [-0.2, 0) is 0 Å². The van der Waals surface area contributed by atoms with Gasteiger partial charge in [0.1, 0.15) is 0 Å². The Kier molecular flexibility index (Phi) is 5.10. The lowest BCUT2D eigenvalue weighted by Crippen LogP contribution is -1.96. The molecule has 0 amide bonds. The fourth-order valence-corrected chi connectivity index (χ4v) is 1.27. The minimum atomic E-state index is 0.550. The molecule has 0 atom stereocenters. The molecule has 0 unspecified atom stereocenters. The molecular formula is C8H12BrN3O. The predicted molar refractivity (Wildman–Crippen MR) is 59.0 cm³/mol. The van der Waals surface area contributed by atoms with Crippen molar-refractivity contribution in [3.8, 4) is 0 Å². The van der Waals surface area contributed by atoms with Crippen LogP contribution in [0.1, 0.15) is 5.56 Å². The quantitative estimate of drug-likeness (QED) is 0.443. The third kappa shape index (κ3) is 3.04. The van der Waals surface area contributed by atoms with Gasteiger partial charge in [0.2, 0.25) is 0 Å². The summed E-state index contributed by atoms with van der Waals surface area (Å²) in [4.78, 5) is 0. The van der Waals surface area contributed by atoms with Crippen LogP contribution in [0, 0.1) is 5.41 Å². The normalized spacial score (nSPS) is 8.54. The van der Waals surface area contributed by atoms with Crippen molar-refractivity contribution in [3.05, 3.63) is 22.2 Å². The van der Waals surface area contributed by atoms with Gasteiger partial charge in [0.05, 0.1) is 5.69 Å². The van der Waals surface area contributed by atoms with E-state index in [-0.39, 0.29) is 0 Å². The van der Waals surface area contributed by atoms with Crippen molar-refractivity contribution in [1.82, 2.24) is 0 Å². The second kappa shape index (κ2) is 5.55. The van der Waals surface area contributed by atoms with Crippen molar-refractivity contribution < 1.29 is 5.11 Å². The Morgan fingerprint density at radius 3 is 2.38 bits per heavy atom. The number of nitrogens with one attached hydrogen (secondary N) is 1. The molecule has 0 radical (unpaired) electrons. The molecule has 5 heteroatoms. The number of rotatable bonds is 1. The lowest BCUT2D eigenvalue weighted by atomic mass is 10.2. The van der Waals surface area contributed by atoms with Gasteiger partial charge < -0.3 is 22.0 Å². The van der Waals surface area contributed by atoms with Crippen molar-refractivity contribution in [2.45, 2.75) is 0 Å². The van der Waals surface area contributed by atoms with Crippen LogP contribution in [0.2, 0.25) is 0 Å². The Bertz CT molecular complexity index is 302. The minimum absolute atomic E-state index is 0.550. The molecule has 72 valence electrons. The van der Waals surface area contributed by atoms with Crippen molar-refractivity contribution in [2.75, 3.05) is 18.6 Å². The van der Waals surface area contributed by atoms with Crippen LogP contribution >= 0.6 is 15.9 Å². The SMILES string of the molecule is CO.N=Cc1cc(N)cc(Br)c1N. The lowest BCUT2D eigenvalue weighted by Gasteiger charge is -2.03. The topological polar surface area (TPSA) is 96.1 Å². The molecule has 0 spiro atoms. The number of halogens is 1. The van der Waals surface area contributed by atoms with Gasteiger partial charge in [-0.2, -0.15) is 0 Å². The van der Waals surface area contributed by atoms with E-state index < -0.39 is 0 Å². The molecule has 0 heterocycles. The van der Waals surface area contributed by atoms with E-state index in [0.717, 1.165) is 11.6 Å². The van der Waals surface area contributed by atoms with Crippen molar-refractivity contribution >= 4 is 33.5 Å². The Labute approximate surface area is 85.2 Å². The summed E-state index contributed by atoms with van der Waals surface area (Å²) in [5, 5.41) is 14.0. The summed E-state index contributed by atoms with van der Waals surface area (Å²) in [6.07, 6.45) is 1.18. The molecule has 1 aromatic rings. The van der Waals surface area contributed by atoms with E-state index in [1.807, 2.05) is 0 Å². The van der Waals surface area contributed by atoms with Gasteiger partial charge in [0.25, 0.3) is 0 Å². The number of hydrogen-bond donors (Lipinski definition) is 4. The molecule has 0 aromatic heterocycles. The van der Waals surface area contributed by atoms with E-state index in [9.17, 15) is 0 Å². The molecule has 1 aromatic carbocycles. The number of anilines is 2. The van der Waals surface area contributed by atoms with E-state index in [1.54, 1.807) is 12.1 Å². The van der Waals surface area contributed by atoms with Gasteiger partial charge in [0, 0.05) is 29.0 Å². The largest absolute Gasteiger partial charge is 0.400 e. The Morgan fingerprint density at radius 1 is 1.38 bits per heavy atom. The van der Waals surface area contributed by atoms with Gasteiger partial charge in [-0.15, -0.1) is 0 Å². The highest BCUT2D eigenvalue weighted by molar-refractivity contribution is 9.10. The summed E-state index contributed by atoms with van der Waals surface area (Å²) in [5.41, 5.74) is 12.9. The third-order valence-electron chi connectivity index (χ3n) is 1.34. The van der Waals surface area contributed by atoms with Gasteiger partial charge >= 0.3 is 0 Å². The first-order valence-corrected chi connectivity index (χ1v) is 4.24. The highest BCUT2D eigenvalue weighted by Gasteiger charge is 2.01. The van der Waals surface area contributed by atoms with Gasteiger partial charge in [-0.3, -0.25) is 0 Å². The highest BCUT2D eigenvalue weighted by atomic mass is 79.9. The number of nitrogen functional groups attached to an aromatic ring is 2. The van der Waals surface area contributed by atoms with Gasteiger partial charge in [-0.05, 0) is 28.1 Å². The first kappa shape index (κ1) is 11.9. The Morgan fingerprint density at radius 2 is 1.92 bits per heavy atom. The molecule has 4 nitrogen and oxygen atoms in total. The molecule has 0 aliphatic rings. The average molecular weight is 246 g/mol. The number of aliphatic hydroxyl groups is 1. The van der Waals surface area contributed by atoms with Crippen LogP contribution in [0.3, 0.4) is 0 Å². The highest BCUT2D eigenvalue weighted by Crippen LogP contribution is 2.25. The summed E-state index contributed by atoms with van der Waals surface area (Å²) in [5.74, 6) is 0. The summed E-state index contributed by atoms with van der Waals surface area (Å²) < 4.78 is 0.732. The summed E-state index contributed by atoms with van der Waals surface area (Å²) in [6.45, 7) is 0. The van der Waals surface area contributed by atoms with Crippen molar-refractivity contribution in [2.24, 2.45) is 0 Å². The number of aliphatic hydroxyl groups excluding tert-OH is 1. The maximum absolute atomic E-state index is 7.00. The maximum atomic E-state index is 7.00. The van der Waals surface area contributed by atoms with Crippen LogP contribution in [-0.4, -0.2) is 18.4 Å². The standard InChI is InChI=1S/C7H8BrN3.CH4O/c8-6-2-5(10)1-4(3-9)7(6)11;1-2/h1-3,9H,10-11H2;2H,1H3. The second-order valence-electron chi connectivity index (χ2n) is 2.15. The van der Waals surface area contributed by atoms with E-state index in [0.29, 0.717) is 16.9 Å². The predicted octanol–water partition coefficient (Wildman–Crippen LogP) is 1.22. The number of hydrogen-bond acceptors (Lipinski definition) is 4. The third-order valence-corrected chi connectivity index (χ3v) is 2.00. The smallest absolute Gasteiger partial charge is 0.0548 e. The van der Waals surface area contributed by atoms with Crippen LogP contribution in [0.15, 0.2) is 16.6 Å². The number of benzene rings is 1. The zero-order chi connectivity index (χ0) is 10.4. The molecule has 0 saturated carbocycles. The zero-order valence-electron chi connectivity index (χ0n) is 7.21. The average Bonchev–Trinajstić information content (AvgIpc) is 2.14. The van der Waals surface area contributed by atoms with E-state index >= 15 is 0 Å². The van der Waals surface area contributed by atoms with Crippen LogP contribution < -0.4 is 11.5 Å². The summed E-state index contributed by atoms with van der Waals surface area (Å²) in [7, 11) is 1.00. The van der Waals surface area contributed by atoms with Crippen LogP contribution in [0.4, 0.5) is 11.4 Å². The molecule has 0 saturated heterocycles. The molecule has 13 heavy (non-hydrogen) atoms. The van der Waals surface area contributed by atoms with Crippen molar-refractivity contribution in [3.63, 3.8) is 0 Å². The van der Waals surface area contributed by atoms with E-state index in [1.165, 1.54) is 6.21 Å². The summed E-state index contributed by atoms with van der Waals surface area (Å²) in [6, 6.07) is 3.37. The van der Waals surface area contributed by atoms with E-state index in [2.05, 4.69) is 15.9 Å². The van der Waals surface area contributed by atoms with Crippen molar-refractivity contribution in [1.29, 1.82) is 5.41 Å². The Balaban J connectivity index is 0.000000671. The first-order chi connectivity index (χ1) is 6.15. The maximum Gasteiger partial charge on any atom is 0.0548 e. The summed E-state index contributed by atoms with van der Waals surface area (Å²) >= 11 is 3.23. The molecule has 1 rings (SSSR count). The van der Waals surface area contributed by atoms with Gasteiger partial charge in [-0.1, -0.05) is 0 Å². The lowest BCUT2D eigenvalue weighted by molar-refractivity contribution is 0.399. The van der Waals surface area contributed by atoms with Crippen LogP contribution in [0.25, 0.3) is 0 Å². The monoisotopic (exact) mass is 245 g/mol. The Hall–Kier alpha value is -1.07. The van der Waals surface area contributed by atoms with Gasteiger partial charge in [0.15, 0.2) is 0 Å². The molecule has 0 fully saturated rings. The minimum Gasteiger partial charge on any atom is -0.400 e. The fourth-order valence-electron chi connectivity index (χ4n) is 0.780. The molecule has 0 aliphatic carbocycles. The van der Waals surface area contributed by atoms with Gasteiger partial charge in [-0.25, -0.2) is 0 Å². The molecular weight excluding hydrogens is 234 g/mol. The molecule has 6 N–H and O–H groups in total. The first-order valence-electron chi connectivity index (χ1n) is 3.45. The fraction of sp³-hybridized carbons (Fsp3) is 0.125.